The van der Waals surface area contributed by atoms with Crippen LogP contribution in [0.4, 0.5) is 0 Å². The lowest BCUT2D eigenvalue weighted by atomic mass is 10.1. The summed E-state index contributed by atoms with van der Waals surface area (Å²) < 4.78 is 0. The zero-order valence-corrected chi connectivity index (χ0v) is 13.2. The molecule has 1 aromatic rings. The largest absolute Gasteiger partial charge is 0.355 e. The van der Waals surface area contributed by atoms with Crippen LogP contribution in [0.1, 0.15) is 39.1 Å². The number of halogens is 1. The number of fused-ring (bicyclic) bond motifs is 1. The SMILES string of the molecule is Cc1ccc2c(c1)C(=O)N(CC(=O)NCCCCN)C2=O.Cl. The zero-order chi connectivity index (χ0) is 15.4. The lowest BCUT2D eigenvalue weighted by Crippen LogP contribution is -2.40. The van der Waals surface area contributed by atoms with Crippen molar-refractivity contribution in [2.24, 2.45) is 5.73 Å². The fraction of sp³-hybridized carbons (Fsp3) is 0.400. The summed E-state index contributed by atoms with van der Waals surface area (Å²) in [6.07, 6.45) is 1.61. The molecule has 0 fully saturated rings. The average molecular weight is 326 g/mol. The molecule has 0 aromatic heterocycles. The van der Waals surface area contributed by atoms with Crippen LogP contribution in [0.25, 0.3) is 0 Å². The molecule has 0 saturated carbocycles. The maximum atomic E-state index is 12.2. The third-order valence-electron chi connectivity index (χ3n) is 3.38. The molecule has 7 heteroatoms. The first-order valence-corrected chi connectivity index (χ1v) is 6.98. The molecule has 0 saturated heterocycles. The van der Waals surface area contributed by atoms with Crippen LogP contribution < -0.4 is 11.1 Å². The number of aryl methyl sites for hydroxylation is 1. The maximum absolute atomic E-state index is 12.2. The number of nitrogens with one attached hydrogen (secondary N) is 1. The smallest absolute Gasteiger partial charge is 0.262 e. The predicted octanol–water partition coefficient (Wildman–Crippen LogP) is 0.868. The number of carbonyl (C=O) groups excluding carboxylic acids is 3. The molecule has 120 valence electrons. The summed E-state index contributed by atoms with van der Waals surface area (Å²) in [5.74, 6) is -1.15. The Morgan fingerprint density at radius 3 is 2.55 bits per heavy atom. The molecule has 0 bridgehead atoms. The Balaban J connectivity index is 0.00000242. The number of carbonyl (C=O) groups is 3. The Labute approximate surface area is 135 Å². The van der Waals surface area contributed by atoms with Gasteiger partial charge in [0.05, 0.1) is 11.1 Å². The van der Waals surface area contributed by atoms with E-state index in [0.29, 0.717) is 24.2 Å². The van der Waals surface area contributed by atoms with Gasteiger partial charge in [0.1, 0.15) is 6.54 Å². The third-order valence-corrected chi connectivity index (χ3v) is 3.38. The van der Waals surface area contributed by atoms with Crippen molar-refractivity contribution in [1.82, 2.24) is 10.2 Å². The van der Waals surface area contributed by atoms with Gasteiger partial charge < -0.3 is 11.1 Å². The minimum atomic E-state index is -0.410. The second-order valence-electron chi connectivity index (χ2n) is 5.09. The predicted molar refractivity (Wildman–Crippen MR) is 85.1 cm³/mol. The summed E-state index contributed by atoms with van der Waals surface area (Å²) in [6.45, 7) is 2.69. The highest BCUT2D eigenvalue weighted by molar-refractivity contribution is 6.22. The van der Waals surface area contributed by atoms with Crippen molar-refractivity contribution in [3.8, 4) is 0 Å². The number of unbranched alkanes of at least 4 members (excludes halogenated alkanes) is 1. The van der Waals surface area contributed by atoms with E-state index < -0.39 is 11.8 Å². The van der Waals surface area contributed by atoms with Crippen molar-refractivity contribution in [1.29, 1.82) is 0 Å². The maximum Gasteiger partial charge on any atom is 0.262 e. The highest BCUT2D eigenvalue weighted by Gasteiger charge is 2.36. The van der Waals surface area contributed by atoms with Crippen molar-refractivity contribution in [2.75, 3.05) is 19.6 Å². The van der Waals surface area contributed by atoms with Gasteiger partial charge in [-0.1, -0.05) is 11.6 Å². The quantitative estimate of drug-likeness (QED) is 0.599. The first-order chi connectivity index (χ1) is 10.0. The molecule has 3 N–H and O–H groups in total. The van der Waals surface area contributed by atoms with E-state index in [-0.39, 0.29) is 24.9 Å². The second-order valence-corrected chi connectivity index (χ2v) is 5.09. The molecule has 0 atom stereocenters. The Hall–Kier alpha value is -1.92. The number of hydrogen-bond donors (Lipinski definition) is 2. The first-order valence-electron chi connectivity index (χ1n) is 6.98. The summed E-state index contributed by atoms with van der Waals surface area (Å²) >= 11 is 0. The van der Waals surface area contributed by atoms with Crippen LogP contribution in [0, 0.1) is 6.92 Å². The molecule has 0 radical (unpaired) electrons. The number of amides is 3. The van der Waals surface area contributed by atoms with Gasteiger partial charge in [0.25, 0.3) is 11.8 Å². The molecule has 1 aromatic carbocycles. The van der Waals surface area contributed by atoms with E-state index in [2.05, 4.69) is 5.32 Å². The van der Waals surface area contributed by atoms with E-state index in [4.69, 9.17) is 5.73 Å². The molecule has 22 heavy (non-hydrogen) atoms. The molecule has 0 unspecified atom stereocenters. The lowest BCUT2D eigenvalue weighted by molar-refractivity contribution is -0.121. The third kappa shape index (κ3) is 3.84. The van der Waals surface area contributed by atoms with Crippen molar-refractivity contribution in [3.05, 3.63) is 34.9 Å². The first kappa shape index (κ1) is 18.1. The Morgan fingerprint density at radius 1 is 1.18 bits per heavy atom. The van der Waals surface area contributed by atoms with Crippen LogP contribution in [0.5, 0.6) is 0 Å². The summed E-state index contributed by atoms with van der Waals surface area (Å²) in [7, 11) is 0. The number of benzene rings is 1. The second kappa shape index (κ2) is 7.91. The minimum Gasteiger partial charge on any atom is -0.355 e. The van der Waals surface area contributed by atoms with E-state index in [1.165, 1.54) is 0 Å². The van der Waals surface area contributed by atoms with Crippen LogP contribution in [0.15, 0.2) is 18.2 Å². The summed E-state index contributed by atoms with van der Waals surface area (Å²) in [6, 6.07) is 5.08. The minimum absolute atomic E-state index is 0. The topological polar surface area (TPSA) is 92.5 Å². The van der Waals surface area contributed by atoms with Gasteiger partial charge in [0.15, 0.2) is 0 Å². The molecule has 0 spiro atoms. The van der Waals surface area contributed by atoms with Gasteiger partial charge in [-0.3, -0.25) is 19.3 Å². The number of rotatable bonds is 6. The van der Waals surface area contributed by atoms with Crippen molar-refractivity contribution < 1.29 is 14.4 Å². The van der Waals surface area contributed by atoms with E-state index >= 15 is 0 Å². The fourth-order valence-corrected chi connectivity index (χ4v) is 2.24. The summed E-state index contributed by atoms with van der Waals surface area (Å²) in [5, 5.41) is 2.68. The summed E-state index contributed by atoms with van der Waals surface area (Å²) in [5.41, 5.74) is 7.00. The normalized spacial score (nSPS) is 12.9. The highest BCUT2D eigenvalue weighted by Crippen LogP contribution is 2.23. The molecule has 3 amide bonds. The van der Waals surface area contributed by atoms with Crippen LogP contribution in [-0.2, 0) is 4.79 Å². The number of imide groups is 1. The van der Waals surface area contributed by atoms with Crippen LogP contribution in [0.3, 0.4) is 0 Å². The molecular formula is C15H20ClN3O3. The fourth-order valence-electron chi connectivity index (χ4n) is 2.24. The Kier molecular flexibility index (Phi) is 6.52. The van der Waals surface area contributed by atoms with Gasteiger partial charge in [-0.25, -0.2) is 0 Å². The molecule has 2 rings (SSSR count). The zero-order valence-electron chi connectivity index (χ0n) is 12.4. The van der Waals surface area contributed by atoms with Gasteiger partial charge in [-0.05, 0) is 38.4 Å². The standard InChI is InChI=1S/C15H19N3O3.ClH/c1-10-4-5-11-12(8-10)15(21)18(14(11)20)9-13(19)17-7-3-2-6-16;/h4-5,8H,2-3,6-7,9,16H2,1H3,(H,17,19);1H. The van der Waals surface area contributed by atoms with Gasteiger partial charge in [0, 0.05) is 6.54 Å². The van der Waals surface area contributed by atoms with Gasteiger partial charge >= 0.3 is 0 Å². The van der Waals surface area contributed by atoms with Gasteiger partial charge in [0.2, 0.25) is 5.91 Å². The van der Waals surface area contributed by atoms with Crippen molar-refractivity contribution >= 4 is 30.1 Å². The number of nitrogens with zero attached hydrogens (tertiary/aromatic N) is 1. The van der Waals surface area contributed by atoms with E-state index in [1.54, 1.807) is 18.2 Å². The molecule has 1 aliphatic heterocycles. The monoisotopic (exact) mass is 325 g/mol. The van der Waals surface area contributed by atoms with Crippen molar-refractivity contribution in [2.45, 2.75) is 19.8 Å². The van der Waals surface area contributed by atoms with E-state index in [9.17, 15) is 14.4 Å². The van der Waals surface area contributed by atoms with Crippen LogP contribution >= 0.6 is 12.4 Å². The van der Waals surface area contributed by atoms with Crippen molar-refractivity contribution in [3.63, 3.8) is 0 Å². The molecule has 1 heterocycles. The van der Waals surface area contributed by atoms with E-state index in [1.807, 2.05) is 6.92 Å². The Bertz CT molecular complexity index is 589. The van der Waals surface area contributed by atoms with Gasteiger partial charge in [-0.2, -0.15) is 0 Å². The van der Waals surface area contributed by atoms with Gasteiger partial charge in [-0.15, -0.1) is 12.4 Å². The molecular weight excluding hydrogens is 306 g/mol. The lowest BCUT2D eigenvalue weighted by Gasteiger charge is -2.13. The number of nitrogens with two attached hydrogens (primary N) is 1. The van der Waals surface area contributed by atoms with Crippen LogP contribution in [0.2, 0.25) is 0 Å². The number of hydrogen-bond acceptors (Lipinski definition) is 4. The van der Waals surface area contributed by atoms with E-state index in [0.717, 1.165) is 23.3 Å². The molecule has 0 aliphatic carbocycles. The van der Waals surface area contributed by atoms with Crippen LogP contribution in [-0.4, -0.2) is 42.3 Å². The molecule has 1 aliphatic rings. The Morgan fingerprint density at radius 2 is 1.86 bits per heavy atom. The molecule has 6 nitrogen and oxygen atoms in total. The summed E-state index contributed by atoms with van der Waals surface area (Å²) in [4.78, 5) is 37.1. The average Bonchev–Trinajstić information content (AvgIpc) is 2.68. The highest BCUT2D eigenvalue weighted by atomic mass is 35.5.